The number of phenols is 1. The maximum absolute atomic E-state index is 10.1. The summed E-state index contributed by atoms with van der Waals surface area (Å²) in [7, 11) is -3.13. The van der Waals surface area contributed by atoms with Gasteiger partial charge in [-0.05, 0) is 6.07 Å². The van der Waals surface area contributed by atoms with E-state index in [1.807, 2.05) is 0 Å². The van der Waals surface area contributed by atoms with Crippen molar-refractivity contribution in [2.24, 2.45) is 0 Å². The summed E-state index contributed by atoms with van der Waals surface area (Å²) in [4.78, 5) is 23.8. The average Bonchev–Trinajstić information content (AvgIpc) is 2.03. The molecular weight excluding hydrogens is 213 g/mol. The molecule has 1 aromatic rings. The molecule has 3 N–H and O–H groups in total. The highest BCUT2D eigenvalue weighted by Crippen LogP contribution is 2.23. The minimum absolute atomic E-state index is 0.262. The quantitative estimate of drug-likeness (QED) is 0.364. The Morgan fingerprint density at radius 3 is 2.00 bits per heavy atom. The molecule has 1 aromatic carbocycles. The molecule has 0 aromatic heterocycles. The zero-order valence-electron chi connectivity index (χ0n) is 6.82. The number of rotatable bonds is 1. The second kappa shape index (κ2) is 6.09. The predicted octanol–water partition coefficient (Wildman–Crippen LogP) is 0.661. The van der Waals surface area contributed by atoms with Crippen LogP contribution in [0.15, 0.2) is 24.3 Å². The van der Waals surface area contributed by atoms with Crippen LogP contribution >= 0.6 is 8.25 Å². The van der Waals surface area contributed by atoms with Gasteiger partial charge in [-0.15, -0.1) is 0 Å². The van der Waals surface area contributed by atoms with E-state index >= 15 is 0 Å². The molecule has 7 nitrogen and oxygen atoms in total. The summed E-state index contributed by atoms with van der Waals surface area (Å²) in [6.07, 6.45) is 0. The molecule has 14 heavy (non-hydrogen) atoms. The smallest absolute Gasteiger partial charge is 0.314 e. The fraction of sp³-hybridized carbons (Fsp3) is 0. The van der Waals surface area contributed by atoms with Gasteiger partial charge in [0.25, 0.3) is 0 Å². The van der Waals surface area contributed by atoms with Crippen molar-refractivity contribution in [1.29, 1.82) is 0 Å². The highest BCUT2D eigenvalue weighted by Gasteiger charge is 2.09. The monoisotopic (exact) mass is 221 g/mol. The number of hydrogen-bond acceptors (Lipinski definition) is 4. The van der Waals surface area contributed by atoms with E-state index in [-0.39, 0.29) is 11.4 Å². The second-order valence-corrected chi connectivity index (χ2v) is 2.59. The van der Waals surface area contributed by atoms with Crippen LogP contribution in [0.2, 0.25) is 0 Å². The Bertz CT molecular complexity index is 337. The Balaban J connectivity index is 0.000000364. The summed E-state index contributed by atoms with van der Waals surface area (Å²) in [6.45, 7) is 0. The summed E-state index contributed by atoms with van der Waals surface area (Å²) in [5.74, 6) is -0.299. The molecule has 0 saturated heterocycles. The topological polar surface area (TPSA) is 121 Å². The standard InChI is InChI=1S/C6H5NO3.H3O3P/c8-6-4-2-1-3-5(6)7(9)10;1-4(2)3/h1-4,8H;4H,(H2,1,2,3). The average molecular weight is 221 g/mol. The van der Waals surface area contributed by atoms with Gasteiger partial charge in [0.2, 0.25) is 0 Å². The van der Waals surface area contributed by atoms with E-state index in [0.717, 1.165) is 0 Å². The molecule has 0 bridgehead atoms. The Hall–Kier alpha value is -1.43. The Morgan fingerprint density at radius 2 is 1.71 bits per heavy atom. The number of nitro benzene ring substituents is 1. The molecule has 0 spiro atoms. The van der Waals surface area contributed by atoms with Crippen molar-refractivity contribution in [3.63, 3.8) is 0 Å². The number of benzene rings is 1. The number of nitrogens with zero attached hydrogens (tertiary/aromatic N) is 1. The van der Waals surface area contributed by atoms with Crippen LogP contribution in [0.25, 0.3) is 0 Å². The van der Waals surface area contributed by atoms with Crippen molar-refractivity contribution in [3.05, 3.63) is 34.4 Å². The minimum Gasteiger partial charge on any atom is -0.502 e. The lowest BCUT2D eigenvalue weighted by atomic mass is 10.3. The Kier molecular flexibility index (Phi) is 5.47. The molecule has 8 heteroatoms. The van der Waals surface area contributed by atoms with Crippen LogP contribution < -0.4 is 0 Å². The van der Waals surface area contributed by atoms with Crippen LogP contribution in [-0.4, -0.2) is 19.8 Å². The SMILES string of the molecule is O=[N+]([O-])c1ccccc1O.O=[PH](O)O. The van der Waals surface area contributed by atoms with Crippen LogP contribution in [0.5, 0.6) is 5.75 Å². The van der Waals surface area contributed by atoms with Crippen molar-refractivity contribution in [1.82, 2.24) is 0 Å². The number of para-hydroxylation sites is 2. The fourth-order valence-corrected chi connectivity index (χ4v) is 0.619. The first-order valence-corrected chi connectivity index (χ1v) is 4.59. The van der Waals surface area contributed by atoms with Crippen molar-refractivity contribution >= 4 is 13.9 Å². The van der Waals surface area contributed by atoms with Gasteiger partial charge in [0.1, 0.15) is 0 Å². The van der Waals surface area contributed by atoms with Crippen molar-refractivity contribution < 1.29 is 24.4 Å². The van der Waals surface area contributed by atoms with Crippen LogP contribution in [0.1, 0.15) is 0 Å². The first kappa shape index (κ1) is 12.6. The second-order valence-electron chi connectivity index (χ2n) is 2.03. The molecule has 0 aliphatic rings. The zero-order valence-corrected chi connectivity index (χ0v) is 7.82. The van der Waals surface area contributed by atoms with Crippen LogP contribution in [0.4, 0.5) is 5.69 Å². The van der Waals surface area contributed by atoms with E-state index in [1.54, 1.807) is 0 Å². The van der Waals surface area contributed by atoms with Crippen molar-refractivity contribution in [3.8, 4) is 5.75 Å². The molecule has 0 radical (unpaired) electrons. The summed E-state index contributed by atoms with van der Waals surface area (Å²) in [5, 5.41) is 18.9. The van der Waals surface area contributed by atoms with Crippen LogP contribution in [0.3, 0.4) is 0 Å². The highest BCUT2D eigenvalue weighted by atomic mass is 31.1. The lowest BCUT2D eigenvalue weighted by Gasteiger charge is -1.91. The van der Waals surface area contributed by atoms with Gasteiger partial charge in [-0.2, -0.15) is 0 Å². The predicted molar refractivity (Wildman–Crippen MR) is 48.2 cm³/mol. The van der Waals surface area contributed by atoms with Crippen LogP contribution in [-0.2, 0) is 4.57 Å². The molecule has 0 unspecified atom stereocenters. The maximum atomic E-state index is 10.1. The molecule has 0 atom stereocenters. The van der Waals surface area contributed by atoms with Crippen molar-refractivity contribution in [2.75, 3.05) is 0 Å². The number of phenolic OH excluding ortho intramolecular Hbond substituents is 1. The van der Waals surface area contributed by atoms with E-state index in [1.165, 1.54) is 24.3 Å². The molecular formula is C6H8NO6P. The summed E-state index contributed by atoms with van der Waals surface area (Å²) in [5.41, 5.74) is -0.262. The number of hydrogen-bond donors (Lipinski definition) is 3. The van der Waals surface area contributed by atoms with E-state index in [2.05, 4.69) is 0 Å². The van der Waals surface area contributed by atoms with E-state index in [9.17, 15) is 10.1 Å². The Morgan fingerprint density at radius 1 is 1.29 bits per heavy atom. The third kappa shape index (κ3) is 5.26. The van der Waals surface area contributed by atoms with Gasteiger partial charge in [0.05, 0.1) is 4.92 Å². The molecule has 0 aliphatic carbocycles. The largest absolute Gasteiger partial charge is 0.502 e. The molecule has 0 heterocycles. The number of aromatic hydroxyl groups is 1. The maximum Gasteiger partial charge on any atom is 0.314 e. The van der Waals surface area contributed by atoms with E-state index in [0.29, 0.717) is 0 Å². The molecule has 0 amide bonds. The van der Waals surface area contributed by atoms with Gasteiger partial charge < -0.3 is 14.9 Å². The van der Waals surface area contributed by atoms with Gasteiger partial charge >= 0.3 is 13.9 Å². The first-order chi connectivity index (χ1) is 6.45. The summed E-state index contributed by atoms with van der Waals surface area (Å²) >= 11 is 0. The third-order valence-electron chi connectivity index (χ3n) is 1.08. The van der Waals surface area contributed by atoms with Gasteiger partial charge in [-0.3, -0.25) is 14.7 Å². The van der Waals surface area contributed by atoms with Gasteiger partial charge in [0, 0.05) is 6.07 Å². The Labute approximate surface area is 79.4 Å². The highest BCUT2D eigenvalue weighted by molar-refractivity contribution is 7.30. The normalized spacial score (nSPS) is 9.07. The minimum atomic E-state index is -3.13. The van der Waals surface area contributed by atoms with Crippen molar-refractivity contribution in [2.45, 2.75) is 0 Å². The van der Waals surface area contributed by atoms with Gasteiger partial charge in [0.15, 0.2) is 5.75 Å². The third-order valence-corrected chi connectivity index (χ3v) is 1.08. The lowest BCUT2D eigenvalue weighted by molar-refractivity contribution is -0.385. The first-order valence-electron chi connectivity index (χ1n) is 3.29. The summed E-state index contributed by atoms with van der Waals surface area (Å²) in [6, 6.07) is 5.55. The van der Waals surface area contributed by atoms with E-state index in [4.69, 9.17) is 19.5 Å². The number of nitro groups is 1. The molecule has 0 saturated carbocycles. The van der Waals surface area contributed by atoms with E-state index < -0.39 is 13.2 Å². The molecule has 1 rings (SSSR count). The summed E-state index contributed by atoms with van der Waals surface area (Å²) < 4.78 is 8.74. The van der Waals surface area contributed by atoms with Gasteiger partial charge in [-0.1, -0.05) is 12.1 Å². The lowest BCUT2D eigenvalue weighted by Crippen LogP contribution is -1.86. The molecule has 0 fully saturated rings. The van der Waals surface area contributed by atoms with Gasteiger partial charge in [-0.25, -0.2) is 0 Å². The molecule has 78 valence electrons. The molecule has 0 aliphatic heterocycles. The zero-order chi connectivity index (χ0) is 11.1. The fourth-order valence-electron chi connectivity index (χ4n) is 0.619. The van der Waals surface area contributed by atoms with Crippen LogP contribution in [0, 0.1) is 10.1 Å².